The molecule has 1 N–H and O–H groups in total. The molecule has 0 aliphatic carbocycles. The van der Waals surface area contributed by atoms with E-state index in [1.54, 1.807) is 0 Å². The van der Waals surface area contributed by atoms with E-state index in [0.29, 0.717) is 0 Å². The fourth-order valence-electron chi connectivity index (χ4n) is 2.81. The molecule has 1 rings (SSSR count). The molecule has 0 fully saturated rings. The lowest BCUT2D eigenvalue weighted by Crippen LogP contribution is -2.53. The molecule has 1 aliphatic rings. The number of ether oxygens (including phenoxy) is 2. The molecule has 0 spiro atoms. The first kappa shape index (κ1) is 15.5. The molecule has 0 aromatic carbocycles. The summed E-state index contributed by atoms with van der Waals surface area (Å²) in [7, 11) is 1.83. The Balaban J connectivity index is 2.90. The van der Waals surface area contributed by atoms with Gasteiger partial charge in [0.2, 0.25) is 0 Å². The second-order valence-corrected chi connectivity index (χ2v) is 5.03. The zero-order valence-electron chi connectivity index (χ0n) is 12.4. The molecule has 0 aromatic rings. The number of hydrogen-bond donors (Lipinski definition) is 1. The number of methoxy groups -OCH3 is 1. The van der Waals surface area contributed by atoms with Crippen LogP contribution in [0.3, 0.4) is 0 Å². The number of hydrogen-bond acceptors (Lipinski definition) is 3. The Hall–Kier alpha value is -0.540. The van der Waals surface area contributed by atoms with Crippen LogP contribution >= 0.6 is 0 Å². The second kappa shape index (κ2) is 7.80. The van der Waals surface area contributed by atoms with Gasteiger partial charge in [-0.1, -0.05) is 20.8 Å². The van der Waals surface area contributed by atoms with E-state index in [2.05, 4.69) is 26.1 Å². The summed E-state index contributed by atoms with van der Waals surface area (Å²) < 4.78 is 11.4. The summed E-state index contributed by atoms with van der Waals surface area (Å²) in [5.41, 5.74) is 1.25. The molecule has 1 unspecified atom stereocenters. The Morgan fingerprint density at radius 3 is 2.56 bits per heavy atom. The van der Waals surface area contributed by atoms with Crippen molar-refractivity contribution in [2.45, 2.75) is 64.5 Å². The van der Waals surface area contributed by atoms with Gasteiger partial charge in [0, 0.05) is 7.11 Å². The highest BCUT2D eigenvalue weighted by Gasteiger charge is 2.38. The average Bonchev–Trinajstić information content (AvgIpc) is 2.45. The fraction of sp³-hybridized carbons (Fsp3) is 0.867. The molecule has 0 saturated carbocycles. The van der Waals surface area contributed by atoms with Crippen molar-refractivity contribution < 1.29 is 9.47 Å². The number of rotatable bonds is 8. The molecule has 1 aliphatic heterocycles. The van der Waals surface area contributed by atoms with Gasteiger partial charge >= 0.3 is 0 Å². The minimum absolute atomic E-state index is 0.109. The normalized spacial score (nSPS) is 18.1. The minimum Gasteiger partial charge on any atom is -0.501 e. The summed E-state index contributed by atoms with van der Waals surface area (Å²) in [5.74, 6) is 0. The largest absolute Gasteiger partial charge is 0.501 e. The SMILES string of the molecule is CCCNC(C1=COCCC1)C(CC)(CC)OC. The van der Waals surface area contributed by atoms with Crippen molar-refractivity contribution >= 4 is 0 Å². The molecule has 0 aromatic heterocycles. The standard InChI is InChI=1S/C15H29NO2/c1-5-10-16-14(13-9-8-11-18-12-13)15(6-2,7-3)17-4/h12,14,16H,5-11H2,1-4H3. The van der Waals surface area contributed by atoms with Crippen LogP contribution in [0.4, 0.5) is 0 Å². The minimum atomic E-state index is -0.109. The van der Waals surface area contributed by atoms with Crippen molar-refractivity contribution in [3.05, 3.63) is 11.8 Å². The highest BCUT2D eigenvalue weighted by molar-refractivity contribution is 5.17. The summed E-state index contributed by atoms with van der Waals surface area (Å²) in [6.45, 7) is 8.48. The van der Waals surface area contributed by atoms with Crippen molar-refractivity contribution in [2.24, 2.45) is 0 Å². The molecule has 1 heterocycles. The van der Waals surface area contributed by atoms with Gasteiger partial charge in [-0.05, 0) is 44.2 Å². The summed E-state index contributed by atoms with van der Waals surface area (Å²) in [4.78, 5) is 0. The summed E-state index contributed by atoms with van der Waals surface area (Å²) in [6, 6.07) is 0.276. The quantitative estimate of drug-likeness (QED) is 0.722. The van der Waals surface area contributed by atoms with E-state index in [4.69, 9.17) is 9.47 Å². The van der Waals surface area contributed by atoms with Gasteiger partial charge in [0.1, 0.15) is 0 Å². The second-order valence-electron chi connectivity index (χ2n) is 5.03. The smallest absolute Gasteiger partial charge is 0.0876 e. The van der Waals surface area contributed by atoms with Crippen LogP contribution in [0.5, 0.6) is 0 Å². The van der Waals surface area contributed by atoms with Crippen LogP contribution in [0.15, 0.2) is 11.8 Å². The maximum absolute atomic E-state index is 5.89. The van der Waals surface area contributed by atoms with Crippen molar-refractivity contribution in [3.8, 4) is 0 Å². The predicted octanol–water partition coefficient (Wildman–Crippen LogP) is 3.25. The Labute approximate surface area is 112 Å². The first-order valence-corrected chi connectivity index (χ1v) is 7.33. The molecule has 18 heavy (non-hydrogen) atoms. The van der Waals surface area contributed by atoms with Crippen LogP contribution in [0.25, 0.3) is 0 Å². The Morgan fingerprint density at radius 1 is 1.39 bits per heavy atom. The molecule has 1 atom stereocenters. The third kappa shape index (κ3) is 3.48. The summed E-state index contributed by atoms with van der Waals surface area (Å²) in [6.07, 6.45) is 7.35. The highest BCUT2D eigenvalue weighted by atomic mass is 16.5. The molecule has 3 heteroatoms. The zero-order valence-corrected chi connectivity index (χ0v) is 12.4. The molecule has 0 bridgehead atoms. The predicted molar refractivity (Wildman–Crippen MR) is 75.7 cm³/mol. The van der Waals surface area contributed by atoms with Crippen molar-refractivity contribution in [2.75, 3.05) is 20.3 Å². The van der Waals surface area contributed by atoms with Crippen molar-refractivity contribution in [3.63, 3.8) is 0 Å². The summed E-state index contributed by atoms with van der Waals surface area (Å²) >= 11 is 0. The lowest BCUT2D eigenvalue weighted by Gasteiger charge is -2.41. The van der Waals surface area contributed by atoms with E-state index < -0.39 is 0 Å². The van der Waals surface area contributed by atoms with Crippen LogP contribution in [0.2, 0.25) is 0 Å². The third-order valence-electron chi connectivity index (χ3n) is 4.06. The third-order valence-corrected chi connectivity index (χ3v) is 4.06. The average molecular weight is 255 g/mol. The topological polar surface area (TPSA) is 30.5 Å². The van der Waals surface area contributed by atoms with E-state index in [-0.39, 0.29) is 11.6 Å². The van der Waals surface area contributed by atoms with E-state index in [0.717, 1.165) is 45.3 Å². The Kier molecular flexibility index (Phi) is 6.72. The Bertz CT molecular complexity index is 251. The summed E-state index contributed by atoms with van der Waals surface area (Å²) in [5, 5.41) is 3.66. The van der Waals surface area contributed by atoms with Gasteiger partial charge in [-0.2, -0.15) is 0 Å². The van der Waals surface area contributed by atoms with Gasteiger partial charge in [0.25, 0.3) is 0 Å². The van der Waals surface area contributed by atoms with E-state index in [1.807, 2.05) is 13.4 Å². The maximum atomic E-state index is 5.89. The molecule has 106 valence electrons. The Morgan fingerprint density at radius 2 is 2.11 bits per heavy atom. The lowest BCUT2D eigenvalue weighted by molar-refractivity contribution is -0.0401. The molecular formula is C15H29NO2. The first-order valence-electron chi connectivity index (χ1n) is 7.33. The molecule has 0 amide bonds. The van der Waals surface area contributed by atoms with Gasteiger partial charge in [0.15, 0.2) is 0 Å². The number of nitrogens with one attached hydrogen (secondary N) is 1. The van der Waals surface area contributed by atoms with Crippen LogP contribution in [-0.4, -0.2) is 31.9 Å². The van der Waals surface area contributed by atoms with Crippen LogP contribution < -0.4 is 5.32 Å². The fourth-order valence-corrected chi connectivity index (χ4v) is 2.81. The molecular weight excluding hydrogens is 226 g/mol. The van der Waals surface area contributed by atoms with Crippen LogP contribution in [-0.2, 0) is 9.47 Å². The van der Waals surface area contributed by atoms with Gasteiger partial charge < -0.3 is 14.8 Å². The van der Waals surface area contributed by atoms with Gasteiger partial charge in [-0.3, -0.25) is 0 Å². The van der Waals surface area contributed by atoms with Crippen molar-refractivity contribution in [1.29, 1.82) is 0 Å². The van der Waals surface area contributed by atoms with Crippen molar-refractivity contribution in [1.82, 2.24) is 5.32 Å². The van der Waals surface area contributed by atoms with Gasteiger partial charge in [-0.25, -0.2) is 0 Å². The highest BCUT2D eigenvalue weighted by Crippen LogP contribution is 2.31. The monoisotopic (exact) mass is 255 g/mol. The van der Waals surface area contributed by atoms with Gasteiger partial charge in [0.05, 0.1) is 24.5 Å². The van der Waals surface area contributed by atoms with Crippen LogP contribution in [0, 0.1) is 0 Å². The molecule has 0 radical (unpaired) electrons. The first-order chi connectivity index (χ1) is 8.74. The van der Waals surface area contributed by atoms with Crippen LogP contribution in [0.1, 0.15) is 52.9 Å². The zero-order chi connectivity index (χ0) is 13.4. The molecule has 3 nitrogen and oxygen atoms in total. The lowest BCUT2D eigenvalue weighted by atomic mass is 9.82. The van der Waals surface area contributed by atoms with Gasteiger partial charge in [-0.15, -0.1) is 0 Å². The van der Waals surface area contributed by atoms with E-state index in [1.165, 1.54) is 5.57 Å². The molecule has 0 saturated heterocycles. The van der Waals surface area contributed by atoms with E-state index >= 15 is 0 Å². The maximum Gasteiger partial charge on any atom is 0.0876 e. The van der Waals surface area contributed by atoms with E-state index in [9.17, 15) is 0 Å².